The maximum Gasteiger partial charge on any atom is 0.227 e. The second-order valence-electron chi connectivity index (χ2n) is 5.42. The molecule has 0 radical (unpaired) electrons. The highest BCUT2D eigenvalue weighted by Gasteiger charge is 2.28. The van der Waals surface area contributed by atoms with Gasteiger partial charge in [0, 0.05) is 45.1 Å². The van der Waals surface area contributed by atoms with Crippen LogP contribution in [0.4, 0.5) is 5.82 Å². The summed E-state index contributed by atoms with van der Waals surface area (Å²) in [4.78, 5) is 25.0. The fourth-order valence-corrected chi connectivity index (χ4v) is 2.93. The number of aromatic nitrogens is 2. The normalized spacial score (nSPS) is 21.5. The number of nitrogens with zero attached hydrogens (tertiary/aromatic N) is 4. The van der Waals surface area contributed by atoms with Gasteiger partial charge in [0.15, 0.2) is 0 Å². The van der Waals surface area contributed by atoms with Crippen LogP contribution in [0.25, 0.3) is 0 Å². The summed E-state index contributed by atoms with van der Waals surface area (Å²) in [6, 6.07) is 0. The number of amides is 1. The zero-order chi connectivity index (χ0) is 13.8. The number of hydrogen-bond acceptors (Lipinski definition) is 5. The number of halogens is 2. The van der Waals surface area contributed by atoms with Crippen LogP contribution < -0.4 is 10.2 Å². The second kappa shape index (κ2) is 9.12. The number of nitrogens with one attached hydrogen (secondary N) is 1. The predicted molar refractivity (Wildman–Crippen MR) is 90.9 cm³/mol. The van der Waals surface area contributed by atoms with E-state index in [0.29, 0.717) is 5.91 Å². The fraction of sp³-hybridized carbons (Fsp3) is 0.643. The van der Waals surface area contributed by atoms with Crippen molar-refractivity contribution in [3.05, 3.63) is 18.6 Å². The molecule has 0 saturated carbocycles. The third-order valence-corrected chi connectivity index (χ3v) is 4.11. The summed E-state index contributed by atoms with van der Waals surface area (Å²) >= 11 is 0. The lowest BCUT2D eigenvalue weighted by Crippen LogP contribution is -2.52. The first-order valence-corrected chi connectivity index (χ1v) is 7.35. The molecule has 0 aromatic carbocycles. The lowest BCUT2D eigenvalue weighted by molar-refractivity contribution is -0.136. The molecule has 124 valence electrons. The van der Waals surface area contributed by atoms with Gasteiger partial charge >= 0.3 is 0 Å². The Morgan fingerprint density at radius 1 is 1.18 bits per heavy atom. The van der Waals surface area contributed by atoms with Crippen LogP contribution in [0.1, 0.15) is 12.8 Å². The van der Waals surface area contributed by atoms with E-state index in [0.717, 1.165) is 57.9 Å². The molecule has 2 aliphatic heterocycles. The Bertz CT molecular complexity index is 448. The molecule has 2 saturated heterocycles. The Kier molecular flexibility index (Phi) is 7.85. The minimum absolute atomic E-state index is 0. The molecule has 8 heteroatoms. The molecular weight excluding hydrogens is 325 g/mol. The summed E-state index contributed by atoms with van der Waals surface area (Å²) in [7, 11) is 0. The molecule has 1 amide bonds. The van der Waals surface area contributed by atoms with Crippen molar-refractivity contribution >= 4 is 36.5 Å². The van der Waals surface area contributed by atoms with Gasteiger partial charge in [-0.2, -0.15) is 0 Å². The highest BCUT2D eigenvalue weighted by atomic mass is 35.5. The summed E-state index contributed by atoms with van der Waals surface area (Å²) in [5, 5.41) is 3.31. The molecule has 1 aromatic rings. The zero-order valence-electron chi connectivity index (χ0n) is 12.5. The number of rotatable bonds is 2. The molecule has 0 aliphatic carbocycles. The molecular formula is C14H23Cl2N5O. The van der Waals surface area contributed by atoms with Gasteiger partial charge in [-0.05, 0) is 19.4 Å². The summed E-state index contributed by atoms with van der Waals surface area (Å²) < 4.78 is 0. The van der Waals surface area contributed by atoms with Crippen LogP contribution in [-0.2, 0) is 4.79 Å². The Morgan fingerprint density at radius 2 is 1.95 bits per heavy atom. The van der Waals surface area contributed by atoms with Crippen LogP contribution in [0.15, 0.2) is 18.6 Å². The number of hydrogen-bond donors (Lipinski definition) is 1. The Hall–Kier alpha value is -1.11. The molecule has 3 heterocycles. The van der Waals surface area contributed by atoms with Crippen molar-refractivity contribution in [3.63, 3.8) is 0 Å². The quantitative estimate of drug-likeness (QED) is 0.863. The second-order valence-corrected chi connectivity index (χ2v) is 5.42. The number of piperazine rings is 1. The van der Waals surface area contributed by atoms with Crippen LogP contribution in [0.5, 0.6) is 0 Å². The van der Waals surface area contributed by atoms with E-state index in [-0.39, 0.29) is 30.7 Å². The van der Waals surface area contributed by atoms with Crippen molar-refractivity contribution in [1.29, 1.82) is 0 Å². The Morgan fingerprint density at radius 3 is 2.55 bits per heavy atom. The van der Waals surface area contributed by atoms with Crippen LogP contribution in [-0.4, -0.2) is 60.0 Å². The Labute approximate surface area is 143 Å². The Balaban J connectivity index is 0.00000121. The van der Waals surface area contributed by atoms with Gasteiger partial charge in [0.25, 0.3) is 0 Å². The van der Waals surface area contributed by atoms with Crippen molar-refractivity contribution in [2.24, 2.45) is 5.92 Å². The third kappa shape index (κ3) is 4.44. The molecule has 3 rings (SSSR count). The van der Waals surface area contributed by atoms with Crippen molar-refractivity contribution < 1.29 is 4.79 Å². The fourth-order valence-electron chi connectivity index (χ4n) is 2.93. The van der Waals surface area contributed by atoms with Gasteiger partial charge in [0.1, 0.15) is 5.82 Å². The van der Waals surface area contributed by atoms with Gasteiger partial charge in [-0.15, -0.1) is 24.8 Å². The summed E-state index contributed by atoms with van der Waals surface area (Å²) in [5.74, 6) is 1.39. The number of piperidine rings is 1. The first-order chi connectivity index (χ1) is 9.84. The van der Waals surface area contributed by atoms with E-state index in [4.69, 9.17) is 0 Å². The predicted octanol–water partition coefficient (Wildman–Crippen LogP) is 0.968. The standard InChI is InChI=1S/C14H21N5O.2ClH/c20-14(12-2-1-3-15-10-12)19-8-6-18(7-9-19)13-11-16-4-5-17-13;;/h4-5,11-12,15H,1-3,6-10H2;2*1H. The SMILES string of the molecule is Cl.Cl.O=C(C1CCCNC1)N1CCN(c2cnccn2)CC1. The van der Waals surface area contributed by atoms with E-state index < -0.39 is 0 Å². The van der Waals surface area contributed by atoms with E-state index in [9.17, 15) is 4.79 Å². The van der Waals surface area contributed by atoms with Crippen LogP contribution in [0.3, 0.4) is 0 Å². The van der Waals surface area contributed by atoms with Crippen LogP contribution in [0, 0.1) is 5.92 Å². The van der Waals surface area contributed by atoms with Gasteiger partial charge in [-0.25, -0.2) is 4.98 Å². The molecule has 1 aromatic heterocycles. The molecule has 2 fully saturated rings. The van der Waals surface area contributed by atoms with Crippen molar-refractivity contribution in [1.82, 2.24) is 20.2 Å². The molecule has 1 unspecified atom stereocenters. The maximum absolute atomic E-state index is 12.4. The topological polar surface area (TPSA) is 61.4 Å². The van der Waals surface area contributed by atoms with E-state index >= 15 is 0 Å². The van der Waals surface area contributed by atoms with E-state index in [1.165, 1.54) is 0 Å². The van der Waals surface area contributed by atoms with Crippen LogP contribution in [0.2, 0.25) is 0 Å². The molecule has 2 aliphatic rings. The van der Waals surface area contributed by atoms with Gasteiger partial charge in [0.2, 0.25) is 5.91 Å². The molecule has 1 N–H and O–H groups in total. The highest BCUT2D eigenvalue weighted by Crippen LogP contribution is 2.17. The molecule has 0 bridgehead atoms. The molecule has 1 atom stereocenters. The number of carbonyl (C=O) groups excluding carboxylic acids is 1. The molecule has 22 heavy (non-hydrogen) atoms. The first-order valence-electron chi connectivity index (χ1n) is 7.35. The van der Waals surface area contributed by atoms with Crippen molar-refractivity contribution in [3.8, 4) is 0 Å². The average Bonchev–Trinajstić information content (AvgIpc) is 2.56. The van der Waals surface area contributed by atoms with E-state index in [1.807, 2.05) is 4.90 Å². The highest BCUT2D eigenvalue weighted by molar-refractivity contribution is 5.85. The summed E-state index contributed by atoms with van der Waals surface area (Å²) in [6.45, 7) is 5.13. The minimum atomic E-state index is 0. The van der Waals surface area contributed by atoms with Gasteiger partial charge in [0.05, 0.1) is 12.1 Å². The largest absolute Gasteiger partial charge is 0.352 e. The zero-order valence-corrected chi connectivity index (χ0v) is 14.1. The third-order valence-electron chi connectivity index (χ3n) is 4.11. The average molecular weight is 348 g/mol. The van der Waals surface area contributed by atoms with Crippen molar-refractivity contribution in [2.45, 2.75) is 12.8 Å². The van der Waals surface area contributed by atoms with E-state index in [1.54, 1.807) is 18.6 Å². The van der Waals surface area contributed by atoms with Crippen molar-refractivity contribution in [2.75, 3.05) is 44.2 Å². The minimum Gasteiger partial charge on any atom is -0.352 e. The first kappa shape index (κ1) is 18.9. The smallest absolute Gasteiger partial charge is 0.227 e. The number of anilines is 1. The monoisotopic (exact) mass is 347 g/mol. The molecule has 0 spiro atoms. The van der Waals surface area contributed by atoms with E-state index in [2.05, 4.69) is 20.2 Å². The lowest BCUT2D eigenvalue weighted by Gasteiger charge is -2.37. The summed E-state index contributed by atoms with van der Waals surface area (Å²) in [6.07, 6.45) is 7.30. The maximum atomic E-state index is 12.4. The summed E-state index contributed by atoms with van der Waals surface area (Å²) in [5.41, 5.74) is 0. The van der Waals surface area contributed by atoms with Gasteiger partial charge in [-0.3, -0.25) is 9.78 Å². The molecule has 6 nitrogen and oxygen atoms in total. The number of carbonyl (C=O) groups is 1. The van der Waals surface area contributed by atoms with Gasteiger partial charge < -0.3 is 15.1 Å². The van der Waals surface area contributed by atoms with Crippen LogP contribution >= 0.6 is 24.8 Å². The lowest BCUT2D eigenvalue weighted by atomic mass is 9.98. The van der Waals surface area contributed by atoms with Gasteiger partial charge in [-0.1, -0.05) is 0 Å².